The van der Waals surface area contributed by atoms with Crippen LogP contribution in [0.5, 0.6) is 11.5 Å². The minimum Gasteiger partial charge on any atom is -0.498 e. The lowest BCUT2D eigenvalue weighted by Gasteiger charge is -2.58. The minimum absolute atomic E-state index is 0.0135. The summed E-state index contributed by atoms with van der Waals surface area (Å²) in [7, 11) is 6.50. The fourth-order valence-corrected chi connectivity index (χ4v) is 7.26. The van der Waals surface area contributed by atoms with Crippen LogP contribution in [-0.2, 0) is 24.4 Å². The highest BCUT2D eigenvalue weighted by Crippen LogP contribution is 2.64. The van der Waals surface area contributed by atoms with Gasteiger partial charge in [0.15, 0.2) is 17.8 Å². The number of carbonyl (C=O) groups is 1. The highest BCUT2D eigenvalue weighted by atomic mass is 16.7. The van der Waals surface area contributed by atoms with Gasteiger partial charge in [-0.15, -0.1) is 0 Å². The van der Waals surface area contributed by atoms with Crippen molar-refractivity contribution in [1.82, 2.24) is 4.90 Å². The van der Waals surface area contributed by atoms with Gasteiger partial charge in [0.2, 0.25) is 5.91 Å². The molecule has 33 heavy (non-hydrogen) atoms. The largest absolute Gasteiger partial charge is 0.498 e. The van der Waals surface area contributed by atoms with Gasteiger partial charge in [-0.1, -0.05) is 6.07 Å². The van der Waals surface area contributed by atoms with Crippen LogP contribution in [-0.4, -0.2) is 70.3 Å². The molecule has 8 nitrogen and oxygen atoms in total. The van der Waals surface area contributed by atoms with E-state index in [9.17, 15) is 4.79 Å². The van der Waals surface area contributed by atoms with E-state index < -0.39 is 17.2 Å². The Morgan fingerprint density at radius 2 is 1.91 bits per heavy atom. The van der Waals surface area contributed by atoms with E-state index >= 15 is 0 Å². The van der Waals surface area contributed by atoms with E-state index in [-0.39, 0.29) is 23.8 Å². The summed E-state index contributed by atoms with van der Waals surface area (Å²) < 4.78 is 28.7. The van der Waals surface area contributed by atoms with E-state index in [0.717, 1.165) is 37.1 Å². The Bertz CT molecular complexity index is 991. The molecule has 1 aromatic rings. The molecule has 4 aliphatic rings. The van der Waals surface area contributed by atoms with Crippen LogP contribution in [0.1, 0.15) is 32.3 Å². The van der Waals surface area contributed by atoms with Gasteiger partial charge in [0.1, 0.15) is 0 Å². The Balaban J connectivity index is 1.73. The second kappa shape index (κ2) is 7.89. The van der Waals surface area contributed by atoms with E-state index in [1.165, 1.54) is 0 Å². The molecule has 1 aromatic carbocycles. The Morgan fingerprint density at radius 3 is 2.58 bits per heavy atom. The standard InChI is InChI=1S/C25H34N2O6/c1-14-15-9-11-27-12-10-25(24(27,2)19(15)16(13-33-14)22(31-5)32-6)17-7-8-18(29-3)21(30-4)20(17)26-23(25)28/h7-8,13-15,19,22H,9-12H2,1-6H3,(H,26,28)/t14-,15-,19-,24-,25?/m0/s1. The Morgan fingerprint density at radius 1 is 1.15 bits per heavy atom. The third kappa shape index (κ3) is 2.71. The van der Waals surface area contributed by atoms with Crippen LogP contribution in [0.15, 0.2) is 24.0 Å². The van der Waals surface area contributed by atoms with E-state index in [0.29, 0.717) is 17.2 Å². The molecule has 5 atom stereocenters. The normalized spacial score (nSPS) is 34.9. The van der Waals surface area contributed by atoms with Crippen molar-refractivity contribution < 1.29 is 28.5 Å². The summed E-state index contributed by atoms with van der Waals surface area (Å²) in [6.07, 6.45) is 3.05. The molecule has 0 radical (unpaired) electrons. The van der Waals surface area contributed by atoms with Crippen LogP contribution in [0.2, 0.25) is 0 Å². The van der Waals surface area contributed by atoms with Gasteiger partial charge in [-0.25, -0.2) is 0 Å². The van der Waals surface area contributed by atoms with Crippen LogP contribution < -0.4 is 14.8 Å². The van der Waals surface area contributed by atoms with Crippen LogP contribution in [0.25, 0.3) is 0 Å². The first-order valence-electron chi connectivity index (χ1n) is 11.6. The van der Waals surface area contributed by atoms with Crippen LogP contribution in [0.3, 0.4) is 0 Å². The summed E-state index contributed by atoms with van der Waals surface area (Å²) in [5.41, 5.74) is 1.41. The molecule has 0 aliphatic carbocycles. The Hall–Kier alpha value is -2.29. The fourth-order valence-electron chi connectivity index (χ4n) is 7.26. The minimum atomic E-state index is -0.743. The number of fused-ring (bicyclic) bond motifs is 6. The summed E-state index contributed by atoms with van der Waals surface area (Å²) in [5.74, 6) is 1.45. The first kappa shape index (κ1) is 22.5. The number of rotatable bonds is 5. The topological polar surface area (TPSA) is 78.5 Å². The molecule has 0 bridgehead atoms. The second-order valence-electron chi connectivity index (χ2n) is 9.66. The van der Waals surface area contributed by atoms with E-state index in [1.54, 1.807) is 28.4 Å². The molecule has 8 heteroatoms. The summed E-state index contributed by atoms with van der Waals surface area (Å²) in [6, 6.07) is 3.94. The Labute approximate surface area is 195 Å². The van der Waals surface area contributed by atoms with Crippen LogP contribution >= 0.6 is 0 Å². The molecular weight excluding hydrogens is 424 g/mol. The lowest BCUT2D eigenvalue weighted by molar-refractivity contribution is -0.140. The molecule has 1 amide bonds. The zero-order chi connectivity index (χ0) is 23.5. The van der Waals surface area contributed by atoms with Crippen molar-refractivity contribution in [2.45, 2.75) is 50.0 Å². The van der Waals surface area contributed by atoms with Crippen molar-refractivity contribution in [3.05, 3.63) is 29.5 Å². The Kier molecular flexibility index (Phi) is 5.38. The number of methoxy groups -OCH3 is 4. The van der Waals surface area contributed by atoms with Crippen LogP contribution in [0, 0.1) is 11.8 Å². The fraction of sp³-hybridized carbons (Fsp3) is 0.640. The van der Waals surface area contributed by atoms with E-state index in [1.807, 2.05) is 18.4 Å². The number of anilines is 1. The molecule has 1 N–H and O–H groups in total. The number of benzene rings is 1. The van der Waals surface area contributed by atoms with Crippen molar-refractivity contribution >= 4 is 11.6 Å². The first-order chi connectivity index (χ1) is 15.9. The monoisotopic (exact) mass is 458 g/mol. The number of piperidine rings is 1. The molecule has 4 aliphatic heterocycles. The molecule has 0 saturated carbocycles. The van der Waals surface area contributed by atoms with Crippen molar-refractivity contribution in [2.75, 3.05) is 46.8 Å². The molecule has 4 heterocycles. The van der Waals surface area contributed by atoms with Gasteiger partial charge in [0.05, 0.1) is 37.7 Å². The first-order valence-corrected chi connectivity index (χ1v) is 11.6. The van der Waals surface area contributed by atoms with Gasteiger partial charge in [-0.3, -0.25) is 9.69 Å². The molecular formula is C25H34N2O6. The number of hydrogen-bond acceptors (Lipinski definition) is 7. The van der Waals surface area contributed by atoms with Gasteiger partial charge < -0.3 is 29.0 Å². The third-order valence-corrected chi connectivity index (χ3v) is 8.76. The maximum atomic E-state index is 14.0. The quantitative estimate of drug-likeness (QED) is 0.680. The smallest absolute Gasteiger partial charge is 0.237 e. The predicted molar refractivity (Wildman–Crippen MR) is 122 cm³/mol. The summed E-state index contributed by atoms with van der Waals surface area (Å²) in [4.78, 5) is 16.5. The average molecular weight is 459 g/mol. The number of ether oxygens (including phenoxy) is 5. The molecule has 2 fully saturated rings. The molecule has 5 rings (SSSR count). The number of hydrogen-bond donors (Lipinski definition) is 1. The number of nitrogens with one attached hydrogen (secondary N) is 1. The second-order valence-corrected chi connectivity index (χ2v) is 9.66. The summed E-state index contributed by atoms with van der Waals surface area (Å²) in [6.45, 7) is 6.13. The third-order valence-electron chi connectivity index (χ3n) is 8.76. The number of amides is 1. The van der Waals surface area contributed by atoms with Crippen LogP contribution in [0.4, 0.5) is 5.69 Å². The van der Waals surface area contributed by atoms with Gasteiger partial charge in [0, 0.05) is 43.7 Å². The number of carbonyl (C=O) groups excluding carboxylic acids is 1. The highest BCUT2D eigenvalue weighted by molar-refractivity contribution is 6.09. The molecule has 1 spiro atoms. The van der Waals surface area contributed by atoms with Gasteiger partial charge in [0.25, 0.3) is 0 Å². The lowest BCUT2D eigenvalue weighted by atomic mass is 9.54. The van der Waals surface area contributed by atoms with Crippen molar-refractivity contribution in [2.24, 2.45) is 11.8 Å². The molecule has 2 saturated heterocycles. The molecule has 180 valence electrons. The SMILES string of the molecule is COc1ccc2c(c1OC)NC(=O)C21CCN2CC[C@H]3[C@H](C)OC=C(C(OC)OC)[C@H]3[C@]21C. The molecule has 0 aromatic heterocycles. The average Bonchev–Trinajstić information content (AvgIpc) is 3.30. The van der Waals surface area contributed by atoms with Crippen molar-refractivity contribution in [3.8, 4) is 11.5 Å². The van der Waals surface area contributed by atoms with E-state index in [4.69, 9.17) is 23.7 Å². The molecule has 1 unspecified atom stereocenters. The lowest BCUT2D eigenvalue weighted by Crippen LogP contribution is -2.68. The van der Waals surface area contributed by atoms with Gasteiger partial charge in [-0.2, -0.15) is 0 Å². The van der Waals surface area contributed by atoms with Crippen molar-refractivity contribution in [3.63, 3.8) is 0 Å². The predicted octanol–water partition coefficient (Wildman–Crippen LogP) is 2.92. The zero-order valence-electron chi connectivity index (χ0n) is 20.3. The highest BCUT2D eigenvalue weighted by Gasteiger charge is 2.71. The van der Waals surface area contributed by atoms with Gasteiger partial charge in [-0.05, 0) is 44.9 Å². The maximum absolute atomic E-state index is 14.0. The zero-order valence-corrected chi connectivity index (χ0v) is 20.3. The van der Waals surface area contributed by atoms with Gasteiger partial charge >= 0.3 is 0 Å². The number of nitrogens with zero attached hydrogens (tertiary/aromatic N) is 1. The van der Waals surface area contributed by atoms with E-state index in [2.05, 4.69) is 24.1 Å². The maximum Gasteiger partial charge on any atom is 0.237 e. The summed E-state index contributed by atoms with van der Waals surface area (Å²) >= 11 is 0. The van der Waals surface area contributed by atoms with Crippen molar-refractivity contribution in [1.29, 1.82) is 0 Å². The summed E-state index contributed by atoms with van der Waals surface area (Å²) in [5, 5.41) is 3.18.